The predicted molar refractivity (Wildman–Crippen MR) is 76.2 cm³/mol. The molecule has 2 rings (SSSR count). The van der Waals surface area contributed by atoms with Crippen LogP contribution in [0.3, 0.4) is 0 Å². The highest BCUT2D eigenvalue weighted by atomic mass is 35.7. The summed E-state index contributed by atoms with van der Waals surface area (Å²) in [6.07, 6.45) is 0. The van der Waals surface area contributed by atoms with Crippen molar-refractivity contribution >= 4 is 19.7 Å². The van der Waals surface area contributed by atoms with Crippen molar-refractivity contribution in [3.8, 4) is 16.9 Å². The minimum absolute atomic E-state index is 0.134. The fourth-order valence-electron chi connectivity index (χ4n) is 1.84. The lowest BCUT2D eigenvalue weighted by Crippen LogP contribution is -1.95. The van der Waals surface area contributed by atoms with E-state index in [0.29, 0.717) is 11.3 Å². The lowest BCUT2D eigenvalue weighted by Gasteiger charge is -2.08. The zero-order valence-electron chi connectivity index (χ0n) is 10.6. The van der Waals surface area contributed by atoms with Gasteiger partial charge in [-0.15, -0.1) is 0 Å². The van der Waals surface area contributed by atoms with Crippen LogP contribution < -0.4 is 4.74 Å². The molecule has 0 aliphatic carbocycles. The van der Waals surface area contributed by atoms with Gasteiger partial charge in [0.25, 0.3) is 9.05 Å². The van der Waals surface area contributed by atoms with Gasteiger partial charge in [0, 0.05) is 10.7 Å². The van der Waals surface area contributed by atoms with E-state index in [0.717, 1.165) is 11.1 Å². The molecule has 0 heterocycles. The van der Waals surface area contributed by atoms with Crippen molar-refractivity contribution in [2.24, 2.45) is 0 Å². The van der Waals surface area contributed by atoms with Crippen LogP contribution in [-0.4, -0.2) is 15.5 Å². The Bertz CT molecular complexity index is 708. The first-order chi connectivity index (χ1) is 8.91. The SMILES string of the molecule is COc1cccc(-c2ccc(C)c(S(=O)(=O)Cl)c2)c1. The summed E-state index contributed by atoms with van der Waals surface area (Å²) in [5.41, 5.74) is 2.28. The predicted octanol–water partition coefficient (Wildman–Crippen LogP) is 3.60. The Kier molecular flexibility index (Phi) is 3.83. The van der Waals surface area contributed by atoms with Crippen molar-refractivity contribution in [2.75, 3.05) is 7.11 Å². The molecule has 2 aromatic rings. The summed E-state index contributed by atoms with van der Waals surface area (Å²) in [5, 5.41) is 0. The minimum atomic E-state index is -3.74. The average molecular weight is 297 g/mol. The minimum Gasteiger partial charge on any atom is -0.497 e. The molecule has 0 unspecified atom stereocenters. The maximum atomic E-state index is 11.5. The molecule has 2 aromatic carbocycles. The summed E-state index contributed by atoms with van der Waals surface area (Å²) in [6.45, 7) is 1.71. The maximum absolute atomic E-state index is 11.5. The van der Waals surface area contributed by atoms with E-state index in [1.807, 2.05) is 30.3 Å². The lowest BCUT2D eigenvalue weighted by atomic mass is 10.0. The Morgan fingerprint density at radius 2 is 1.74 bits per heavy atom. The van der Waals surface area contributed by atoms with Gasteiger partial charge >= 0.3 is 0 Å². The summed E-state index contributed by atoms with van der Waals surface area (Å²) in [6, 6.07) is 12.6. The first-order valence-electron chi connectivity index (χ1n) is 5.61. The van der Waals surface area contributed by atoms with Crippen LogP contribution >= 0.6 is 10.7 Å². The molecular formula is C14H13ClO3S. The van der Waals surface area contributed by atoms with Crippen LogP contribution in [0.4, 0.5) is 0 Å². The molecule has 0 radical (unpaired) electrons. The van der Waals surface area contributed by atoms with Gasteiger partial charge in [-0.25, -0.2) is 8.42 Å². The first-order valence-corrected chi connectivity index (χ1v) is 7.92. The van der Waals surface area contributed by atoms with Gasteiger partial charge in [-0.3, -0.25) is 0 Å². The van der Waals surface area contributed by atoms with Gasteiger partial charge in [-0.2, -0.15) is 0 Å². The highest BCUT2D eigenvalue weighted by Gasteiger charge is 2.14. The van der Waals surface area contributed by atoms with Crippen molar-refractivity contribution in [3.05, 3.63) is 48.0 Å². The Morgan fingerprint density at radius 3 is 2.37 bits per heavy atom. The smallest absolute Gasteiger partial charge is 0.261 e. The quantitative estimate of drug-likeness (QED) is 0.813. The number of benzene rings is 2. The average Bonchev–Trinajstić information content (AvgIpc) is 2.38. The molecule has 0 N–H and O–H groups in total. The first kappa shape index (κ1) is 13.9. The third kappa shape index (κ3) is 3.08. The van der Waals surface area contributed by atoms with E-state index < -0.39 is 9.05 Å². The zero-order valence-corrected chi connectivity index (χ0v) is 12.1. The Morgan fingerprint density at radius 1 is 1.05 bits per heavy atom. The molecule has 5 heteroatoms. The molecular weight excluding hydrogens is 284 g/mol. The molecule has 0 amide bonds. The number of aryl methyl sites for hydroxylation is 1. The van der Waals surface area contributed by atoms with Crippen LogP contribution in [0.25, 0.3) is 11.1 Å². The largest absolute Gasteiger partial charge is 0.497 e. The second-order valence-electron chi connectivity index (χ2n) is 4.15. The number of halogens is 1. The van der Waals surface area contributed by atoms with E-state index >= 15 is 0 Å². The third-order valence-corrected chi connectivity index (χ3v) is 4.32. The van der Waals surface area contributed by atoms with Crippen LogP contribution in [-0.2, 0) is 9.05 Å². The topological polar surface area (TPSA) is 43.4 Å². The lowest BCUT2D eigenvalue weighted by molar-refractivity contribution is 0.415. The molecule has 0 spiro atoms. The second kappa shape index (κ2) is 5.23. The van der Waals surface area contributed by atoms with Crippen molar-refractivity contribution in [1.82, 2.24) is 0 Å². The van der Waals surface area contributed by atoms with Crippen molar-refractivity contribution in [2.45, 2.75) is 11.8 Å². The number of hydrogen-bond acceptors (Lipinski definition) is 3. The Labute approximate surface area is 117 Å². The monoisotopic (exact) mass is 296 g/mol. The van der Waals surface area contributed by atoms with Crippen LogP contribution in [0.1, 0.15) is 5.56 Å². The summed E-state index contributed by atoms with van der Waals surface area (Å²) in [4.78, 5) is 0.134. The van der Waals surface area contributed by atoms with Gasteiger partial charge in [0.15, 0.2) is 0 Å². The second-order valence-corrected chi connectivity index (χ2v) is 6.68. The van der Waals surface area contributed by atoms with E-state index in [4.69, 9.17) is 15.4 Å². The normalized spacial score (nSPS) is 11.3. The highest BCUT2D eigenvalue weighted by Crippen LogP contribution is 2.28. The molecule has 0 aliphatic heterocycles. The number of hydrogen-bond donors (Lipinski definition) is 0. The summed E-state index contributed by atoms with van der Waals surface area (Å²) >= 11 is 0. The standard InChI is InChI=1S/C14H13ClO3S/c1-10-6-7-12(9-14(10)19(15,16)17)11-4-3-5-13(8-11)18-2/h3-9H,1-2H3. The number of rotatable bonds is 3. The van der Waals surface area contributed by atoms with Gasteiger partial charge in [0.2, 0.25) is 0 Å². The Hall–Kier alpha value is -1.52. The van der Waals surface area contributed by atoms with Crippen LogP contribution in [0.2, 0.25) is 0 Å². The van der Waals surface area contributed by atoms with Crippen molar-refractivity contribution in [1.29, 1.82) is 0 Å². The van der Waals surface area contributed by atoms with Crippen molar-refractivity contribution in [3.63, 3.8) is 0 Å². The van der Waals surface area contributed by atoms with Gasteiger partial charge in [0.1, 0.15) is 5.75 Å². The Balaban J connectivity index is 2.57. The van der Waals surface area contributed by atoms with Gasteiger partial charge in [0.05, 0.1) is 12.0 Å². The molecule has 0 aromatic heterocycles. The van der Waals surface area contributed by atoms with Gasteiger partial charge in [-0.1, -0.05) is 24.3 Å². The van der Waals surface area contributed by atoms with E-state index in [2.05, 4.69) is 0 Å². The van der Waals surface area contributed by atoms with Crippen LogP contribution in [0, 0.1) is 6.92 Å². The van der Waals surface area contributed by atoms with Crippen LogP contribution in [0.5, 0.6) is 5.75 Å². The molecule has 0 saturated heterocycles. The van der Waals surface area contributed by atoms with Gasteiger partial charge in [-0.05, 0) is 41.8 Å². The molecule has 0 aliphatic rings. The van der Waals surface area contributed by atoms with E-state index in [-0.39, 0.29) is 4.90 Å². The van der Waals surface area contributed by atoms with E-state index in [1.165, 1.54) is 0 Å². The molecule has 0 fully saturated rings. The van der Waals surface area contributed by atoms with E-state index in [1.54, 1.807) is 26.2 Å². The number of ether oxygens (including phenoxy) is 1. The molecule has 0 saturated carbocycles. The van der Waals surface area contributed by atoms with Crippen LogP contribution in [0.15, 0.2) is 47.4 Å². The maximum Gasteiger partial charge on any atom is 0.261 e. The molecule has 3 nitrogen and oxygen atoms in total. The third-order valence-electron chi connectivity index (χ3n) is 2.85. The highest BCUT2D eigenvalue weighted by molar-refractivity contribution is 8.13. The fraction of sp³-hybridized carbons (Fsp3) is 0.143. The summed E-state index contributed by atoms with van der Waals surface area (Å²) in [7, 11) is 3.28. The molecule has 19 heavy (non-hydrogen) atoms. The molecule has 0 atom stereocenters. The van der Waals surface area contributed by atoms with E-state index in [9.17, 15) is 8.42 Å². The van der Waals surface area contributed by atoms with Crippen molar-refractivity contribution < 1.29 is 13.2 Å². The summed E-state index contributed by atoms with van der Waals surface area (Å²) < 4.78 is 28.2. The summed E-state index contributed by atoms with van der Waals surface area (Å²) in [5.74, 6) is 0.716. The molecule has 0 bridgehead atoms. The fourth-order valence-corrected chi connectivity index (χ4v) is 3.06. The molecule has 100 valence electrons. The number of methoxy groups -OCH3 is 1. The van der Waals surface area contributed by atoms with Gasteiger partial charge < -0.3 is 4.74 Å². The zero-order chi connectivity index (χ0) is 14.0.